The molecule has 4 nitrogen and oxygen atoms in total. The Morgan fingerprint density at radius 2 is 2.14 bits per heavy atom. The molecule has 4 heteroatoms. The Hall–Kier alpha value is -1.16. The van der Waals surface area contributed by atoms with Crippen molar-refractivity contribution in [2.24, 2.45) is 0 Å². The largest absolute Gasteiger partial charge is 0.418 e. The van der Waals surface area contributed by atoms with E-state index in [0.29, 0.717) is 11.9 Å². The summed E-state index contributed by atoms with van der Waals surface area (Å²) in [4.78, 5) is 8.20. The molecule has 1 fully saturated rings. The van der Waals surface area contributed by atoms with E-state index in [1.807, 2.05) is 10.8 Å². The summed E-state index contributed by atoms with van der Waals surface area (Å²) in [6.45, 7) is 0. The molecule has 1 aliphatic rings. The van der Waals surface area contributed by atoms with Crippen LogP contribution in [0.5, 0.6) is 5.88 Å². The van der Waals surface area contributed by atoms with E-state index in [-0.39, 0.29) is 0 Å². The lowest BCUT2D eigenvalue weighted by Crippen LogP contribution is -2.41. The van der Waals surface area contributed by atoms with Crippen molar-refractivity contribution in [1.29, 1.82) is 0 Å². The predicted molar refractivity (Wildman–Crippen MR) is 49.8 cm³/mol. The highest BCUT2D eigenvalue weighted by Crippen LogP contribution is 2.24. The van der Waals surface area contributed by atoms with Gasteiger partial charge in [0.05, 0.1) is 6.20 Å². The van der Waals surface area contributed by atoms with Crippen LogP contribution in [0.25, 0.3) is 0 Å². The summed E-state index contributed by atoms with van der Waals surface area (Å²) in [5.41, 5.74) is 0. The van der Waals surface area contributed by atoms with Crippen molar-refractivity contribution in [3.05, 3.63) is 18.6 Å². The maximum Gasteiger partial charge on any atom is 0.418 e. The van der Waals surface area contributed by atoms with E-state index in [1.165, 1.54) is 25.5 Å². The molecule has 76 valence electrons. The fraction of sp³-hybridized carbons (Fsp3) is 0.600. The second kappa shape index (κ2) is 4.37. The van der Waals surface area contributed by atoms with Gasteiger partial charge in [0.1, 0.15) is 6.20 Å². The van der Waals surface area contributed by atoms with Gasteiger partial charge in [0.15, 0.2) is 12.2 Å². The van der Waals surface area contributed by atoms with Crippen molar-refractivity contribution in [2.75, 3.05) is 0 Å². The van der Waals surface area contributed by atoms with Crippen molar-refractivity contribution in [2.45, 2.75) is 38.1 Å². The van der Waals surface area contributed by atoms with E-state index in [9.17, 15) is 0 Å². The molecule has 1 saturated carbocycles. The number of hydrogen-bond acceptors (Lipinski definition) is 3. The quantitative estimate of drug-likeness (QED) is 0.444. The Balaban J connectivity index is 2.20. The van der Waals surface area contributed by atoms with Crippen LogP contribution in [0.4, 0.5) is 0 Å². The van der Waals surface area contributed by atoms with Crippen LogP contribution in [0.3, 0.4) is 0 Å². The summed E-state index contributed by atoms with van der Waals surface area (Å²) in [7, 11) is 0. The minimum Gasteiger partial charge on any atom is -0.272 e. The van der Waals surface area contributed by atoms with Crippen LogP contribution >= 0.6 is 0 Å². The van der Waals surface area contributed by atoms with Crippen LogP contribution in [-0.2, 0) is 0 Å². The first kappa shape index (κ1) is 9.40. The van der Waals surface area contributed by atoms with Crippen LogP contribution in [0, 0.1) is 0 Å². The van der Waals surface area contributed by atoms with Gasteiger partial charge in [-0.25, -0.2) is 4.98 Å². The van der Waals surface area contributed by atoms with E-state index in [0.717, 1.165) is 12.8 Å². The van der Waals surface area contributed by atoms with Crippen molar-refractivity contribution in [3.63, 3.8) is 0 Å². The molecule has 1 heterocycles. The Morgan fingerprint density at radius 3 is 2.86 bits per heavy atom. The molecule has 0 aliphatic heterocycles. The molecular weight excluding hydrogens is 180 g/mol. The van der Waals surface area contributed by atoms with Crippen LogP contribution in [-0.4, -0.2) is 10.2 Å². The van der Waals surface area contributed by atoms with Gasteiger partial charge in [-0.05, 0) is 12.8 Å². The van der Waals surface area contributed by atoms with Crippen LogP contribution in [0.1, 0.15) is 38.1 Å². The average Bonchev–Trinajstić information content (AvgIpc) is 2.30. The monoisotopic (exact) mass is 195 g/mol. The fourth-order valence-corrected chi connectivity index (χ4v) is 2.09. The second-order valence-electron chi connectivity index (χ2n) is 3.70. The smallest absolute Gasteiger partial charge is 0.272 e. The highest BCUT2D eigenvalue weighted by molar-refractivity contribution is 4.91. The molecule has 0 radical (unpaired) electrons. The Labute approximate surface area is 83.1 Å². The lowest BCUT2D eigenvalue weighted by molar-refractivity contribution is -0.736. The molecule has 1 aromatic rings. The van der Waals surface area contributed by atoms with Crippen LogP contribution in [0.15, 0.2) is 18.6 Å². The van der Waals surface area contributed by atoms with Crippen molar-refractivity contribution < 1.29 is 14.7 Å². The van der Waals surface area contributed by atoms with Crippen molar-refractivity contribution in [3.8, 4) is 5.88 Å². The summed E-state index contributed by atoms with van der Waals surface area (Å²) in [6, 6.07) is 0.453. The summed E-state index contributed by atoms with van der Waals surface area (Å²) in [5, 5.41) is 8.69. The van der Waals surface area contributed by atoms with Gasteiger partial charge in [-0.3, -0.25) is 4.89 Å². The third-order valence-corrected chi connectivity index (χ3v) is 2.81. The first-order valence-corrected chi connectivity index (χ1v) is 5.08. The molecular formula is C10H15N2O2+. The zero-order valence-electron chi connectivity index (χ0n) is 8.09. The molecule has 0 bridgehead atoms. The summed E-state index contributed by atoms with van der Waals surface area (Å²) in [6.07, 6.45) is 11.3. The number of nitrogens with zero attached hydrogens (tertiary/aromatic N) is 2. The number of aromatic nitrogens is 2. The van der Waals surface area contributed by atoms with E-state index in [1.54, 1.807) is 6.20 Å². The van der Waals surface area contributed by atoms with Crippen LogP contribution in [0.2, 0.25) is 0 Å². The molecule has 0 amide bonds. The van der Waals surface area contributed by atoms with E-state index < -0.39 is 0 Å². The molecule has 1 N–H and O–H groups in total. The molecule has 1 aliphatic carbocycles. The first-order valence-electron chi connectivity index (χ1n) is 5.08. The molecule has 0 unspecified atom stereocenters. The maximum atomic E-state index is 8.69. The lowest BCUT2D eigenvalue weighted by Gasteiger charge is -2.17. The molecule has 2 rings (SSSR count). The summed E-state index contributed by atoms with van der Waals surface area (Å²) in [5.74, 6) is 0.430. The molecule has 0 atom stereocenters. The van der Waals surface area contributed by atoms with Gasteiger partial charge in [-0.1, -0.05) is 6.42 Å². The Morgan fingerprint density at radius 1 is 1.36 bits per heavy atom. The maximum absolute atomic E-state index is 8.69. The molecule has 0 saturated heterocycles. The highest BCUT2D eigenvalue weighted by Gasteiger charge is 2.25. The van der Waals surface area contributed by atoms with Crippen LogP contribution < -0.4 is 9.45 Å². The third kappa shape index (κ3) is 1.85. The highest BCUT2D eigenvalue weighted by atomic mass is 17.1. The zero-order chi connectivity index (χ0) is 9.80. The standard InChI is InChI=1S/C10H14N2O2/c13-14-10-8-11-6-7-12(10)9-4-2-1-3-5-9/h6-9H,1-5H2/p+1. The van der Waals surface area contributed by atoms with Gasteiger partial charge in [0.25, 0.3) is 0 Å². The SMILES string of the molecule is OOc1cncc[n+]1C1CCCCC1. The average molecular weight is 195 g/mol. The minimum absolute atomic E-state index is 0.430. The van der Waals surface area contributed by atoms with E-state index in [4.69, 9.17) is 5.26 Å². The van der Waals surface area contributed by atoms with Gasteiger partial charge in [-0.2, -0.15) is 9.82 Å². The number of rotatable bonds is 2. The van der Waals surface area contributed by atoms with Gasteiger partial charge < -0.3 is 0 Å². The normalized spacial score (nSPS) is 18.1. The number of hydrogen-bond donors (Lipinski definition) is 1. The topological polar surface area (TPSA) is 46.2 Å². The summed E-state index contributed by atoms with van der Waals surface area (Å²) < 4.78 is 1.96. The predicted octanol–water partition coefficient (Wildman–Crippen LogP) is 1.73. The second-order valence-corrected chi connectivity index (χ2v) is 3.70. The Kier molecular flexibility index (Phi) is 2.93. The first-order chi connectivity index (χ1) is 6.92. The van der Waals surface area contributed by atoms with Gasteiger partial charge >= 0.3 is 5.88 Å². The van der Waals surface area contributed by atoms with E-state index >= 15 is 0 Å². The Bertz CT molecular complexity index is 298. The van der Waals surface area contributed by atoms with Crippen molar-refractivity contribution >= 4 is 0 Å². The molecule has 14 heavy (non-hydrogen) atoms. The lowest BCUT2D eigenvalue weighted by atomic mass is 9.95. The molecule has 0 aromatic carbocycles. The van der Waals surface area contributed by atoms with Gasteiger partial charge in [0.2, 0.25) is 0 Å². The third-order valence-electron chi connectivity index (χ3n) is 2.81. The van der Waals surface area contributed by atoms with Crippen molar-refractivity contribution in [1.82, 2.24) is 4.98 Å². The van der Waals surface area contributed by atoms with Gasteiger partial charge in [0, 0.05) is 12.8 Å². The summed E-state index contributed by atoms with van der Waals surface area (Å²) >= 11 is 0. The van der Waals surface area contributed by atoms with Gasteiger partial charge in [-0.15, -0.1) is 0 Å². The zero-order valence-corrected chi connectivity index (χ0v) is 8.09. The molecule has 0 spiro atoms. The minimum atomic E-state index is 0.430. The fourth-order valence-electron chi connectivity index (χ4n) is 2.09. The molecule has 1 aromatic heterocycles. The van der Waals surface area contributed by atoms with E-state index in [2.05, 4.69) is 9.87 Å².